The van der Waals surface area contributed by atoms with E-state index >= 15 is 0 Å². The lowest BCUT2D eigenvalue weighted by Crippen LogP contribution is -2.33. The van der Waals surface area contributed by atoms with Crippen molar-refractivity contribution in [3.63, 3.8) is 0 Å². The zero-order valence-corrected chi connectivity index (χ0v) is 12.0. The van der Waals surface area contributed by atoms with Gasteiger partial charge in [0.05, 0.1) is 12.2 Å². The van der Waals surface area contributed by atoms with Crippen molar-refractivity contribution >= 4 is 0 Å². The summed E-state index contributed by atoms with van der Waals surface area (Å²) in [6.45, 7) is 4.53. The molecule has 1 N–H and O–H groups in total. The molecule has 1 unspecified atom stereocenters. The zero-order valence-electron chi connectivity index (χ0n) is 12.0. The minimum atomic E-state index is -4.36. The predicted molar refractivity (Wildman–Crippen MR) is 73.3 cm³/mol. The second-order valence-corrected chi connectivity index (χ2v) is 5.09. The number of nitrogens with one attached hydrogen (secondary N) is 1. The molecule has 1 aliphatic rings. The van der Waals surface area contributed by atoms with Gasteiger partial charge in [-0.2, -0.15) is 13.2 Å². The Balaban J connectivity index is 2.08. The van der Waals surface area contributed by atoms with Crippen LogP contribution in [0.2, 0.25) is 0 Å². The summed E-state index contributed by atoms with van der Waals surface area (Å²) in [4.78, 5) is 0. The largest absolute Gasteiger partial charge is 0.488 e. The van der Waals surface area contributed by atoms with Gasteiger partial charge in [-0.25, -0.2) is 0 Å². The molecular weight excluding hydrogens is 283 g/mol. The molecule has 21 heavy (non-hydrogen) atoms. The average molecular weight is 303 g/mol. The van der Waals surface area contributed by atoms with Gasteiger partial charge in [-0.05, 0) is 38.1 Å². The van der Waals surface area contributed by atoms with E-state index in [0.29, 0.717) is 13.2 Å². The van der Waals surface area contributed by atoms with E-state index in [1.54, 1.807) is 6.07 Å². The van der Waals surface area contributed by atoms with Crippen LogP contribution in [0.25, 0.3) is 0 Å². The number of ether oxygens (including phenoxy) is 2. The van der Waals surface area contributed by atoms with Gasteiger partial charge in [0.25, 0.3) is 0 Å². The van der Waals surface area contributed by atoms with E-state index in [9.17, 15) is 13.2 Å². The normalized spacial score (nSPS) is 20.5. The molecule has 1 fully saturated rings. The van der Waals surface area contributed by atoms with Gasteiger partial charge in [-0.1, -0.05) is 6.07 Å². The van der Waals surface area contributed by atoms with E-state index in [-0.39, 0.29) is 17.8 Å². The summed E-state index contributed by atoms with van der Waals surface area (Å²) in [5, 5.41) is 3.24. The number of rotatable bonds is 6. The van der Waals surface area contributed by atoms with E-state index < -0.39 is 11.7 Å². The molecular formula is C15H20F3NO2. The molecule has 0 aromatic heterocycles. The van der Waals surface area contributed by atoms with Crippen LogP contribution < -0.4 is 10.1 Å². The standard InChI is InChI=1S/C15H20F3NO2/c1-2-20-10-14(11-6-7-19-9-11)21-13-5-3-4-12(8-13)15(16,17)18/h3-5,8,11,14,19H,2,6-7,9-10H2,1H3/t11?,14-/m1/s1. The van der Waals surface area contributed by atoms with Gasteiger partial charge < -0.3 is 14.8 Å². The molecule has 1 aliphatic heterocycles. The summed E-state index contributed by atoms with van der Waals surface area (Å²) >= 11 is 0. The molecule has 0 bridgehead atoms. The highest BCUT2D eigenvalue weighted by Gasteiger charge is 2.31. The van der Waals surface area contributed by atoms with Gasteiger partial charge in [0.15, 0.2) is 0 Å². The Bertz CT molecular complexity index is 445. The summed E-state index contributed by atoms with van der Waals surface area (Å²) in [7, 11) is 0. The molecule has 0 amide bonds. The minimum Gasteiger partial charge on any atom is -0.488 e. The van der Waals surface area contributed by atoms with Gasteiger partial charge in [0.2, 0.25) is 0 Å². The lowest BCUT2D eigenvalue weighted by molar-refractivity contribution is -0.137. The molecule has 0 spiro atoms. The zero-order chi connectivity index (χ0) is 15.3. The maximum atomic E-state index is 12.7. The van der Waals surface area contributed by atoms with Gasteiger partial charge in [-0.3, -0.25) is 0 Å². The van der Waals surface area contributed by atoms with Crippen LogP contribution in [0.3, 0.4) is 0 Å². The number of hydrogen-bond acceptors (Lipinski definition) is 3. The monoisotopic (exact) mass is 303 g/mol. The maximum absolute atomic E-state index is 12.7. The molecule has 0 aliphatic carbocycles. The van der Waals surface area contributed by atoms with E-state index in [2.05, 4.69) is 5.32 Å². The van der Waals surface area contributed by atoms with E-state index in [0.717, 1.165) is 31.6 Å². The van der Waals surface area contributed by atoms with Crippen molar-refractivity contribution in [1.82, 2.24) is 5.32 Å². The van der Waals surface area contributed by atoms with Crippen molar-refractivity contribution in [2.75, 3.05) is 26.3 Å². The van der Waals surface area contributed by atoms with Crippen molar-refractivity contribution in [1.29, 1.82) is 0 Å². The Morgan fingerprint density at radius 1 is 1.38 bits per heavy atom. The topological polar surface area (TPSA) is 30.5 Å². The number of benzene rings is 1. The van der Waals surface area contributed by atoms with Gasteiger partial charge in [0.1, 0.15) is 11.9 Å². The Morgan fingerprint density at radius 2 is 2.19 bits per heavy atom. The summed E-state index contributed by atoms with van der Waals surface area (Å²) < 4.78 is 49.3. The Hall–Kier alpha value is -1.27. The van der Waals surface area contributed by atoms with Crippen molar-refractivity contribution in [3.05, 3.63) is 29.8 Å². The third-order valence-electron chi connectivity index (χ3n) is 3.56. The molecule has 3 nitrogen and oxygen atoms in total. The number of hydrogen-bond donors (Lipinski definition) is 1. The molecule has 1 aromatic rings. The first kappa shape index (κ1) is 16.1. The van der Waals surface area contributed by atoms with Crippen LogP contribution >= 0.6 is 0 Å². The minimum absolute atomic E-state index is 0.233. The maximum Gasteiger partial charge on any atom is 0.416 e. The predicted octanol–water partition coefficient (Wildman–Crippen LogP) is 3.10. The Kier molecular flexibility index (Phi) is 5.47. The highest BCUT2D eigenvalue weighted by molar-refractivity contribution is 5.30. The van der Waals surface area contributed by atoms with E-state index in [1.165, 1.54) is 6.07 Å². The lowest BCUT2D eigenvalue weighted by Gasteiger charge is -2.24. The lowest BCUT2D eigenvalue weighted by atomic mass is 10.0. The fourth-order valence-electron chi connectivity index (χ4n) is 2.42. The molecule has 0 radical (unpaired) electrons. The Morgan fingerprint density at radius 3 is 2.81 bits per heavy atom. The molecule has 2 atom stereocenters. The van der Waals surface area contributed by atoms with Crippen LogP contribution in [-0.2, 0) is 10.9 Å². The van der Waals surface area contributed by atoms with E-state index in [1.807, 2.05) is 6.92 Å². The molecule has 118 valence electrons. The Labute approximate surface area is 122 Å². The molecule has 1 aromatic carbocycles. The molecule has 1 heterocycles. The number of halogens is 3. The molecule has 0 saturated carbocycles. The molecule has 1 saturated heterocycles. The van der Waals surface area contributed by atoms with E-state index in [4.69, 9.17) is 9.47 Å². The van der Waals surface area contributed by atoms with Crippen LogP contribution in [0.1, 0.15) is 18.9 Å². The van der Waals surface area contributed by atoms with Gasteiger partial charge in [-0.15, -0.1) is 0 Å². The van der Waals surface area contributed by atoms with Crippen molar-refractivity contribution < 1.29 is 22.6 Å². The molecule has 2 rings (SSSR count). The van der Waals surface area contributed by atoms with Crippen molar-refractivity contribution in [2.24, 2.45) is 5.92 Å². The van der Waals surface area contributed by atoms with Gasteiger partial charge in [0, 0.05) is 19.1 Å². The van der Waals surface area contributed by atoms with Crippen LogP contribution in [0.4, 0.5) is 13.2 Å². The van der Waals surface area contributed by atoms with Crippen LogP contribution in [0.15, 0.2) is 24.3 Å². The first-order chi connectivity index (χ1) is 10.0. The summed E-state index contributed by atoms with van der Waals surface area (Å²) in [5.74, 6) is 0.493. The highest BCUT2D eigenvalue weighted by Crippen LogP contribution is 2.32. The first-order valence-electron chi connectivity index (χ1n) is 7.13. The second-order valence-electron chi connectivity index (χ2n) is 5.09. The smallest absolute Gasteiger partial charge is 0.416 e. The molecule has 6 heteroatoms. The van der Waals surface area contributed by atoms with Crippen molar-refractivity contribution in [2.45, 2.75) is 25.6 Å². The number of alkyl halides is 3. The summed E-state index contributed by atoms with van der Waals surface area (Å²) in [6.07, 6.45) is -3.65. The summed E-state index contributed by atoms with van der Waals surface area (Å²) in [6, 6.07) is 5.00. The van der Waals surface area contributed by atoms with Crippen LogP contribution in [-0.4, -0.2) is 32.4 Å². The second kappa shape index (κ2) is 7.13. The third kappa shape index (κ3) is 4.61. The SMILES string of the molecule is CCOC[C@@H](Oc1cccc(C(F)(F)F)c1)C1CCNC1. The van der Waals surface area contributed by atoms with Crippen molar-refractivity contribution in [3.8, 4) is 5.75 Å². The average Bonchev–Trinajstić information content (AvgIpc) is 2.97. The highest BCUT2D eigenvalue weighted by atomic mass is 19.4. The van der Waals surface area contributed by atoms with Gasteiger partial charge >= 0.3 is 6.18 Å². The fraction of sp³-hybridized carbons (Fsp3) is 0.600. The third-order valence-corrected chi connectivity index (χ3v) is 3.56. The first-order valence-corrected chi connectivity index (χ1v) is 7.13. The van der Waals surface area contributed by atoms with Crippen LogP contribution in [0.5, 0.6) is 5.75 Å². The van der Waals surface area contributed by atoms with Crippen LogP contribution in [0, 0.1) is 5.92 Å². The fourth-order valence-corrected chi connectivity index (χ4v) is 2.42. The summed E-state index contributed by atoms with van der Waals surface area (Å²) in [5.41, 5.74) is -0.695. The quantitative estimate of drug-likeness (QED) is 0.876.